The fraction of sp³-hybridized carbons (Fsp3) is 0.200. The Morgan fingerprint density at radius 1 is 1.46 bits per heavy atom. The quantitative estimate of drug-likeness (QED) is 0.634. The second-order valence-corrected chi connectivity index (χ2v) is 5.80. The van der Waals surface area contributed by atoms with E-state index in [0.29, 0.717) is 0 Å². The summed E-state index contributed by atoms with van der Waals surface area (Å²) in [5.41, 5.74) is 1.45. The lowest BCUT2D eigenvalue weighted by Gasteiger charge is -2.01. The van der Waals surface area contributed by atoms with Gasteiger partial charge in [0.2, 0.25) is 0 Å². The molecule has 0 nitrogen and oxygen atoms in total. The molecular formula is C10H8BrIS. The number of hydrogen-bond acceptors (Lipinski definition) is 1. The molecule has 0 fully saturated rings. The fourth-order valence-corrected chi connectivity index (χ4v) is 3.78. The Bertz CT molecular complexity index is 447. The zero-order chi connectivity index (χ0) is 9.42. The normalized spacial score (nSPS) is 11.0. The van der Waals surface area contributed by atoms with Gasteiger partial charge in [-0.05, 0) is 62.6 Å². The number of hydrogen-bond donors (Lipinski definition) is 0. The van der Waals surface area contributed by atoms with Crippen LogP contribution in [0.5, 0.6) is 0 Å². The Morgan fingerprint density at radius 2 is 2.23 bits per heavy atom. The zero-order valence-electron chi connectivity index (χ0n) is 7.10. The van der Waals surface area contributed by atoms with Gasteiger partial charge in [-0.25, -0.2) is 0 Å². The van der Waals surface area contributed by atoms with Crippen molar-refractivity contribution >= 4 is 59.9 Å². The van der Waals surface area contributed by atoms with Crippen LogP contribution in [0, 0.1) is 3.57 Å². The second kappa shape index (κ2) is 3.87. The van der Waals surface area contributed by atoms with Crippen LogP contribution in [0.25, 0.3) is 10.1 Å². The van der Waals surface area contributed by atoms with Crippen LogP contribution in [0.2, 0.25) is 0 Å². The maximum atomic E-state index is 3.55. The van der Waals surface area contributed by atoms with Crippen molar-refractivity contribution in [1.82, 2.24) is 0 Å². The SMILES string of the molecule is CCc1cc2scc(Br)c2cc1I. The van der Waals surface area contributed by atoms with E-state index in [1.165, 1.54) is 23.7 Å². The van der Waals surface area contributed by atoms with Gasteiger partial charge in [0.25, 0.3) is 0 Å². The third-order valence-electron chi connectivity index (χ3n) is 2.08. The number of aryl methyl sites for hydroxylation is 1. The molecule has 0 saturated carbocycles. The molecule has 2 rings (SSSR count). The zero-order valence-corrected chi connectivity index (χ0v) is 11.7. The van der Waals surface area contributed by atoms with Crippen LogP contribution in [-0.4, -0.2) is 0 Å². The highest BCUT2D eigenvalue weighted by Gasteiger charge is 2.05. The van der Waals surface area contributed by atoms with Gasteiger partial charge in [0.1, 0.15) is 0 Å². The summed E-state index contributed by atoms with van der Waals surface area (Å²) in [6.45, 7) is 2.20. The van der Waals surface area contributed by atoms with Gasteiger partial charge in [-0.15, -0.1) is 11.3 Å². The molecule has 0 bridgehead atoms. The second-order valence-electron chi connectivity index (χ2n) is 2.88. The van der Waals surface area contributed by atoms with Gasteiger partial charge in [0.15, 0.2) is 0 Å². The Hall–Kier alpha value is 0.390. The highest BCUT2D eigenvalue weighted by atomic mass is 127. The summed E-state index contributed by atoms with van der Waals surface area (Å²) in [4.78, 5) is 0. The van der Waals surface area contributed by atoms with E-state index in [1.54, 1.807) is 11.3 Å². The molecule has 13 heavy (non-hydrogen) atoms. The predicted molar refractivity (Wildman–Crippen MR) is 71.6 cm³/mol. The van der Waals surface area contributed by atoms with E-state index < -0.39 is 0 Å². The van der Waals surface area contributed by atoms with Gasteiger partial charge in [0, 0.05) is 23.5 Å². The first kappa shape index (κ1) is 9.93. The van der Waals surface area contributed by atoms with Crippen molar-refractivity contribution < 1.29 is 0 Å². The number of benzene rings is 1. The third-order valence-corrected chi connectivity index (χ3v) is 4.98. The van der Waals surface area contributed by atoms with Crippen LogP contribution in [0.15, 0.2) is 22.0 Å². The van der Waals surface area contributed by atoms with E-state index >= 15 is 0 Å². The molecule has 0 aliphatic carbocycles. The molecule has 3 heteroatoms. The van der Waals surface area contributed by atoms with Crippen molar-refractivity contribution in [3.63, 3.8) is 0 Å². The highest BCUT2D eigenvalue weighted by molar-refractivity contribution is 14.1. The standard InChI is InChI=1S/C10H8BrIS/c1-2-6-3-10-7(4-9(6)12)8(11)5-13-10/h3-5H,2H2,1H3. The number of rotatable bonds is 1. The van der Waals surface area contributed by atoms with Gasteiger partial charge in [0.05, 0.1) is 0 Å². The van der Waals surface area contributed by atoms with Crippen molar-refractivity contribution in [2.45, 2.75) is 13.3 Å². The number of fused-ring (bicyclic) bond motifs is 1. The van der Waals surface area contributed by atoms with Gasteiger partial charge in [-0.2, -0.15) is 0 Å². The minimum Gasteiger partial charge on any atom is -0.143 e. The van der Waals surface area contributed by atoms with Crippen molar-refractivity contribution in [1.29, 1.82) is 0 Å². The van der Waals surface area contributed by atoms with Gasteiger partial charge < -0.3 is 0 Å². The summed E-state index contributed by atoms with van der Waals surface area (Å²) in [6, 6.07) is 4.56. The van der Waals surface area contributed by atoms with Crippen LogP contribution in [0.1, 0.15) is 12.5 Å². The monoisotopic (exact) mass is 366 g/mol. The fourth-order valence-electron chi connectivity index (χ4n) is 1.33. The molecule has 0 saturated heterocycles. The van der Waals surface area contributed by atoms with E-state index in [2.05, 4.69) is 63.0 Å². The minimum atomic E-state index is 1.11. The molecule has 1 aromatic heterocycles. The van der Waals surface area contributed by atoms with Gasteiger partial charge in [-0.3, -0.25) is 0 Å². The molecule has 0 unspecified atom stereocenters. The molecule has 0 amide bonds. The van der Waals surface area contributed by atoms with Crippen molar-refractivity contribution in [3.05, 3.63) is 31.1 Å². The molecule has 2 aromatic rings. The molecular weight excluding hydrogens is 359 g/mol. The molecule has 1 aromatic carbocycles. The van der Waals surface area contributed by atoms with Gasteiger partial charge in [-0.1, -0.05) is 6.92 Å². The Morgan fingerprint density at radius 3 is 2.92 bits per heavy atom. The molecule has 68 valence electrons. The maximum absolute atomic E-state index is 3.55. The highest BCUT2D eigenvalue weighted by Crippen LogP contribution is 2.33. The molecule has 0 aliphatic heterocycles. The van der Waals surface area contributed by atoms with Crippen LogP contribution in [0.4, 0.5) is 0 Å². The molecule has 0 spiro atoms. The average Bonchev–Trinajstić information content (AvgIpc) is 2.47. The first-order valence-corrected chi connectivity index (χ1v) is 6.82. The third kappa shape index (κ3) is 1.78. The van der Waals surface area contributed by atoms with Crippen molar-refractivity contribution in [2.75, 3.05) is 0 Å². The van der Waals surface area contributed by atoms with Crippen molar-refractivity contribution in [3.8, 4) is 0 Å². The Kier molecular flexibility index (Phi) is 2.95. The summed E-state index contributed by atoms with van der Waals surface area (Å²) in [6.07, 6.45) is 1.11. The predicted octanol–water partition coefficient (Wildman–Crippen LogP) is 4.83. The van der Waals surface area contributed by atoms with Gasteiger partial charge >= 0.3 is 0 Å². The molecule has 1 heterocycles. The van der Waals surface area contributed by atoms with Crippen LogP contribution >= 0.6 is 49.9 Å². The summed E-state index contributed by atoms with van der Waals surface area (Å²) >= 11 is 7.76. The largest absolute Gasteiger partial charge is 0.143 e. The molecule has 0 aliphatic rings. The summed E-state index contributed by atoms with van der Waals surface area (Å²) in [5.74, 6) is 0. The van der Waals surface area contributed by atoms with E-state index in [4.69, 9.17) is 0 Å². The van der Waals surface area contributed by atoms with E-state index in [0.717, 1.165) is 6.42 Å². The van der Waals surface area contributed by atoms with E-state index in [-0.39, 0.29) is 0 Å². The number of halogens is 2. The summed E-state index contributed by atoms with van der Waals surface area (Å²) < 4.78 is 3.96. The summed E-state index contributed by atoms with van der Waals surface area (Å²) in [5, 5.41) is 3.49. The Balaban J connectivity index is 2.76. The first-order valence-electron chi connectivity index (χ1n) is 4.07. The lowest BCUT2D eigenvalue weighted by molar-refractivity contribution is 1.13. The minimum absolute atomic E-state index is 1.11. The smallest absolute Gasteiger partial charge is 0.0361 e. The van der Waals surface area contributed by atoms with E-state index in [1.807, 2.05) is 0 Å². The number of thiophene rings is 1. The lowest BCUT2D eigenvalue weighted by atomic mass is 10.1. The topological polar surface area (TPSA) is 0 Å². The lowest BCUT2D eigenvalue weighted by Crippen LogP contribution is -1.84. The van der Waals surface area contributed by atoms with Crippen molar-refractivity contribution in [2.24, 2.45) is 0 Å². The van der Waals surface area contributed by atoms with Crippen LogP contribution < -0.4 is 0 Å². The first-order chi connectivity index (χ1) is 6.22. The molecule has 0 radical (unpaired) electrons. The van der Waals surface area contributed by atoms with Crippen LogP contribution in [-0.2, 0) is 6.42 Å². The average molecular weight is 367 g/mol. The van der Waals surface area contributed by atoms with Crippen LogP contribution in [0.3, 0.4) is 0 Å². The maximum Gasteiger partial charge on any atom is 0.0361 e. The summed E-state index contributed by atoms with van der Waals surface area (Å²) in [7, 11) is 0. The van der Waals surface area contributed by atoms with E-state index in [9.17, 15) is 0 Å². The Labute approximate surface area is 104 Å². The molecule has 0 atom stereocenters. The molecule has 0 N–H and O–H groups in total.